The molecule has 28 heavy (non-hydrogen) atoms. The fourth-order valence-corrected chi connectivity index (χ4v) is 4.49. The number of hydrogen-bond acceptors (Lipinski definition) is 3. The zero-order chi connectivity index (χ0) is 19.8. The average Bonchev–Trinajstić information content (AvgIpc) is 2.89. The maximum atomic E-state index is 12.5. The molecule has 4 nitrogen and oxygen atoms in total. The van der Waals surface area contributed by atoms with Crippen LogP contribution in [0, 0.1) is 0 Å². The predicted octanol–water partition coefficient (Wildman–Crippen LogP) is 4.50. The lowest BCUT2D eigenvalue weighted by Gasteiger charge is -2.49. The second-order valence-electron chi connectivity index (χ2n) is 8.08. The first-order valence-electron chi connectivity index (χ1n) is 10.1. The van der Waals surface area contributed by atoms with Gasteiger partial charge < -0.3 is 15.0 Å². The summed E-state index contributed by atoms with van der Waals surface area (Å²) in [5.74, 6) is 0.969. The van der Waals surface area contributed by atoms with E-state index in [1.165, 1.54) is 11.3 Å². The van der Waals surface area contributed by atoms with E-state index in [0.717, 1.165) is 17.7 Å². The molecule has 0 bridgehead atoms. The number of fused-ring (bicyclic) bond motifs is 3. The van der Waals surface area contributed by atoms with Crippen LogP contribution >= 0.6 is 0 Å². The lowest BCUT2D eigenvalue weighted by molar-refractivity contribution is -0.124. The van der Waals surface area contributed by atoms with Gasteiger partial charge in [0.25, 0.3) is 0 Å². The fourth-order valence-electron chi connectivity index (χ4n) is 4.49. The number of anilines is 1. The quantitative estimate of drug-likeness (QED) is 0.835. The molecule has 2 aromatic rings. The molecule has 2 aromatic carbocycles. The van der Waals surface area contributed by atoms with Crippen molar-refractivity contribution in [1.29, 1.82) is 0 Å². The summed E-state index contributed by atoms with van der Waals surface area (Å²) in [6, 6.07) is 16.5. The van der Waals surface area contributed by atoms with Gasteiger partial charge in [0, 0.05) is 29.6 Å². The smallest absolute Gasteiger partial charge is 0.223 e. The number of rotatable bonds is 5. The minimum atomic E-state index is -0.593. The number of amides is 1. The Balaban J connectivity index is 1.78. The van der Waals surface area contributed by atoms with E-state index in [9.17, 15) is 4.79 Å². The minimum absolute atomic E-state index is 0.0947. The standard InChI is InChI=1S/C24H28N2O2/c1-4-17-28-21-12-8-5-9-18(21)13-15-24-23(2,3)19-10-6-7-11-20(19)26(24)16-14-22(27)25-24/h5-13,15H,4,14,16-17H2,1-3H3,(H,25,27). The van der Waals surface area contributed by atoms with Gasteiger partial charge in [-0.25, -0.2) is 0 Å². The predicted molar refractivity (Wildman–Crippen MR) is 114 cm³/mol. The van der Waals surface area contributed by atoms with Gasteiger partial charge in [-0.1, -0.05) is 63.2 Å². The van der Waals surface area contributed by atoms with Gasteiger partial charge >= 0.3 is 0 Å². The summed E-state index contributed by atoms with van der Waals surface area (Å²) in [6.45, 7) is 7.92. The summed E-state index contributed by atoms with van der Waals surface area (Å²) in [4.78, 5) is 14.8. The molecule has 2 aliphatic heterocycles. The highest BCUT2D eigenvalue weighted by atomic mass is 16.5. The summed E-state index contributed by atoms with van der Waals surface area (Å²) >= 11 is 0. The summed E-state index contributed by atoms with van der Waals surface area (Å²) in [7, 11) is 0. The molecule has 0 saturated carbocycles. The summed E-state index contributed by atoms with van der Waals surface area (Å²) < 4.78 is 5.92. The van der Waals surface area contributed by atoms with Crippen molar-refractivity contribution in [1.82, 2.24) is 5.32 Å². The Morgan fingerprint density at radius 1 is 1.14 bits per heavy atom. The van der Waals surface area contributed by atoms with Crippen LogP contribution in [0.15, 0.2) is 54.6 Å². The normalized spacial score (nSPS) is 22.7. The molecule has 1 unspecified atom stereocenters. The monoisotopic (exact) mass is 376 g/mol. The van der Waals surface area contributed by atoms with Crippen LogP contribution in [-0.2, 0) is 10.2 Å². The molecule has 1 atom stereocenters. The lowest BCUT2D eigenvalue weighted by atomic mass is 9.74. The topological polar surface area (TPSA) is 41.6 Å². The Morgan fingerprint density at radius 2 is 1.89 bits per heavy atom. The maximum absolute atomic E-state index is 12.5. The molecule has 1 amide bonds. The number of hydrogen-bond donors (Lipinski definition) is 1. The Hall–Kier alpha value is -2.75. The van der Waals surface area contributed by atoms with Crippen LogP contribution in [0.2, 0.25) is 0 Å². The van der Waals surface area contributed by atoms with Crippen molar-refractivity contribution in [2.24, 2.45) is 0 Å². The largest absolute Gasteiger partial charge is 0.493 e. The molecule has 2 heterocycles. The molecular weight excluding hydrogens is 348 g/mol. The summed E-state index contributed by atoms with van der Waals surface area (Å²) in [6.07, 6.45) is 5.72. The highest BCUT2D eigenvalue weighted by Gasteiger charge is 2.57. The third-order valence-electron chi connectivity index (χ3n) is 6.02. The van der Waals surface area contributed by atoms with E-state index in [1.54, 1.807) is 0 Å². The number of carbonyl (C=O) groups is 1. The van der Waals surface area contributed by atoms with Crippen LogP contribution in [-0.4, -0.2) is 24.7 Å². The Kier molecular flexibility index (Phi) is 4.66. The van der Waals surface area contributed by atoms with Crippen molar-refractivity contribution >= 4 is 17.7 Å². The van der Waals surface area contributed by atoms with Crippen molar-refractivity contribution in [2.75, 3.05) is 18.1 Å². The molecule has 1 N–H and O–H groups in total. The second kappa shape index (κ2) is 7.01. The molecule has 0 radical (unpaired) electrons. The fraction of sp³-hybridized carbons (Fsp3) is 0.375. The zero-order valence-electron chi connectivity index (χ0n) is 16.9. The summed E-state index contributed by atoms with van der Waals surface area (Å²) in [5, 5.41) is 3.32. The van der Waals surface area contributed by atoms with E-state index < -0.39 is 5.66 Å². The first-order chi connectivity index (χ1) is 13.5. The Bertz CT molecular complexity index is 918. The highest BCUT2D eigenvalue weighted by molar-refractivity contribution is 5.84. The molecule has 1 fully saturated rings. The molecule has 4 rings (SSSR count). The Morgan fingerprint density at radius 3 is 2.71 bits per heavy atom. The molecule has 2 aliphatic rings. The van der Waals surface area contributed by atoms with E-state index in [1.807, 2.05) is 18.2 Å². The minimum Gasteiger partial charge on any atom is -0.493 e. The maximum Gasteiger partial charge on any atom is 0.223 e. The van der Waals surface area contributed by atoms with E-state index in [-0.39, 0.29) is 11.3 Å². The van der Waals surface area contributed by atoms with Crippen LogP contribution in [0.5, 0.6) is 5.75 Å². The van der Waals surface area contributed by atoms with Gasteiger partial charge in [0.2, 0.25) is 5.91 Å². The lowest BCUT2D eigenvalue weighted by Crippen LogP contribution is -2.68. The van der Waals surface area contributed by atoms with E-state index in [4.69, 9.17) is 4.74 Å². The number of para-hydroxylation sites is 2. The van der Waals surface area contributed by atoms with Gasteiger partial charge in [0.1, 0.15) is 11.4 Å². The first-order valence-corrected chi connectivity index (χ1v) is 10.1. The first kappa shape index (κ1) is 18.6. The van der Waals surface area contributed by atoms with E-state index in [2.05, 4.69) is 73.5 Å². The SMILES string of the molecule is CCCOc1ccccc1C=CC12NC(=O)CCN1c1ccccc1C2(C)C. The summed E-state index contributed by atoms with van der Waals surface area (Å²) in [5.41, 5.74) is 2.63. The van der Waals surface area contributed by atoms with Crippen molar-refractivity contribution in [3.63, 3.8) is 0 Å². The van der Waals surface area contributed by atoms with Crippen molar-refractivity contribution in [2.45, 2.75) is 44.7 Å². The number of ether oxygens (including phenoxy) is 1. The molecule has 1 saturated heterocycles. The molecule has 0 aromatic heterocycles. The van der Waals surface area contributed by atoms with Crippen LogP contribution < -0.4 is 15.0 Å². The van der Waals surface area contributed by atoms with Gasteiger partial charge in [-0.3, -0.25) is 4.79 Å². The van der Waals surface area contributed by atoms with E-state index >= 15 is 0 Å². The van der Waals surface area contributed by atoms with Crippen LogP contribution in [0.25, 0.3) is 6.08 Å². The average molecular weight is 377 g/mol. The van der Waals surface area contributed by atoms with Gasteiger partial charge in [-0.15, -0.1) is 0 Å². The molecule has 0 spiro atoms. The molecule has 146 valence electrons. The number of carbonyl (C=O) groups excluding carboxylic acids is 1. The number of nitrogens with zero attached hydrogens (tertiary/aromatic N) is 1. The van der Waals surface area contributed by atoms with Crippen molar-refractivity contribution < 1.29 is 9.53 Å². The number of nitrogens with one attached hydrogen (secondary N) is 1. The van der Waals surface area contributed by atoms with Gasteiger partial charge in [0.15, 0.2) is 0 Å². The highest BCUT2D eigenvalue weighted by Crippen LogP contribution is 2.52. The van der Waals surface area contributed by atoms with Crippen LogP contribution in [0.1, 0.15) is 44.7 Å². The van der Waals surface area contributed by atoms with Crippen molar-refractivity contribution in [3.8, 4) is 5.75 Å². The van der Waals surface area contributed by atoms with E-state index in [0.29, 0.717) is 19.6 Å². The van der Waals surface area contributed by atoms with Gasteiger partial charge in [-0.2, -0.15) is 0 Å². The van der Waals surface area contributed by atoms with Gasteiger partial charge in [0.05, 0.1) is 6.61 Å². The molecular formula is C24H28N2O2. The second-order valence-corrected chi connectivity index (χ2v) is 8.08. The third-order valence-corrected chi connectivity index (χ3v) is 6.02. The molecule has 0 aliphatic carbocycles. The van der Waals surface area contributed by atoms with Crippen LogP contribution in [0.4, 0.5) is 5.69 Å². The van der Waals surface area contributed by atoms with Crippen molar-refractivity contribution in [3.05, 3.63) is 65.7 Å². The Labute approximate surface area is 167 Å². The molecule has 4 heteroatoms. The third kappa shape index (κ3) is 2.79. The van der Waals surface area contributed by atoms with Gasteiger partial charge in [-0.05, 0) is 30.2 Å². The zero-order valence-corrected chi connectivity index (χ0v) is 16.9. The van der Waals surface area contributed by atoms with Crippen LogP contribution in [0.3, 0.4) is 0 Å². The number of benzene rings is 2.